The molecule has 14 heavy (non-hydrogen) atoms. The van der Waals surface area contributed by atoms with Crippen molar-refractivity contribution in [2.75, 3.05) is 6.54 Å². The Morgan fingerprint density at radius 2 is 2.36 bits per heavy atom. The highest BCUT2D eigenvalue weighted by Crippen LogP contribution is 2.03. The van der Waals surface area contributed by atoms with Crippen LogP contribution in [0.25, 0.3) is 0 Å². The fourth-order valence-corrected chi connectivity index (χ4v) is 1.71. The van der Waals surface area contributed by atoms with Crippen molar-refractivity contribution in [2.24, 2.45) is 5.73 Å². The molecular weight excluding hydrogens is 208 g/mol. The number of amides is 1. The van der Waals surface area contributed by atoms with Gasteiger partial charge in [0.15, 0.2) is 0 Å². The lowest BCUT2D eigenvalue weighted by molar-refractivity contribution is -0.117. The summed E-state index contributed by atoms with van der Waals surface area (Å²) in [7, 11) is -3.56. The van der Waals surface area contributed by atoms with Crippen LogP contribution >= 0.6 is 0 Å². The lowest BCUT2D eigenvalue weighted by atomic mass is 10.4. The molecule has 1 rings (SSSR count). The van der Waals surface area contributed by atoms with E-state index < -0.39 is 15.9 Å². The molecule has 1 aromatic heterocycles. The van der Waals surface area contributed by atoms with E-state index in [0.717, 1.165) is 0 Å². The number of hydrogen-bond acceptors (Lipinski definition) is 4. The van der Waals surface area contributed by atoms with Crippen LogP contribution in [0.2, 0.25) is 0 Å². The number of nitrogens with two attached hydrogens (primary N) is 1. The van der Waals surface area contributed by atoms with Gasteiger partial charge in [-0.2, -0.15) is 5.10 Å². The van der Waals surface area contributed by atoms with Crippen LogP contribution in [0.5, 0.6) is 0 Å². The summed E-state index contributed by atoms with van der Waals surface area (Å²) in [5, 5.41) is 5.87. The molecule has 0 aliphatic heterocycles. The number of primary amides is 1. The van der Waals surface area contributed by atoms with Gasteiger partial charge in [-0.15, -0.1) is 0 Å². The summed E-state index contributed by atoms with van der Waals surface area (Å²) in [5.41, 5.74) is 4.85. The van der Waals surface area contributed by atoms with E-state index in [1.54, 1.807) is 0 Å². The maximum Gasteiger partial charge on any atom is 0.243 e. The SMILES string of the molecule is NC(=O)CCNS(=O)(=O)c1cn[nH]c1. The Hall–Kier alpha value is -1.41. The van der Waals surface area contributed by atoms with Crippen molar-refractivity contribution in [2.45, 2.75) is 11.3 Å². The summed E-state index contributed by atoms with van der Waals surface area (Å²) in [6, 6.07) is 0. The number of aromatic nitrogens is 2. The molecule has 4 N–H and O–H groups in total. The van der Waals surface area contributed by atoms with Crippen molar-refractivity contribution >= 4 is 15.9 Å². The maximum absolute atomic E-state index is 11.4. The second kappa shape index (κ2) is 4.20. The number of H-pyrrole nitrogens is 1. The van der Waals surface area contributed by atoms with Crippen molar-refractivity contribution in [1.29, 1.82) is 0 Å². The van der Waals surface area contributed by atoms with E-state index in [2.05, 4.69) is 14.9 Å². The number of nitrogens with zero attached hydrogens (tertiary/aromatic N) is 1. The molecule has 0 fully saturated rings. The van der Waals surface area contributed by atoms with E-state index >= 15 is 0 Å². The van der Waals surface area contributed by atoms with Crippen LogP contribution in [0.4, 0.5) is 0 Å². The lowest BCUT2D eigenvalue weighted by Gasteiger charge is -2.01. The fraction of sp³-hybridized carbons (Fsp3) is 0.333. The topological polar surface area (TPSA) is 118 Å². The summed E-state index contributed by atoms with van der Waals surface area (Å²) in [4.78, 5) is 10.4. The maximum atomic E-state index is 11.4. The van der Waals surface area contributed by atoms with Gasteiger partial charge in [-0.1, -0.05) is 0 Å². The van der Waals surface area contributed by atoms with Gasteiger partial charge in [0.25, 0.3) is 0 Å². The molecule has 0 bridgehead atoms. The Kier molecular flexibility index (Phi) is 3.20. The number of nitrogens with one attached hydrogen (secondary N) is 2. The molecular formula is C6H10N4O3S. The van der Waals surface area contributed by atoms with Crippen LogP contribution in [0.15, 0.2) is 17.3 Å². The van der Waals surface area contributed by atoms with E-state index in [1.165, 1.54) is 12.4 Å². The molecule has 0 saturated carbocycles. The number of carbonyl (C=O) groups is 1. The van der Waals surface area contributed by atoms with Crippen molar-refractivity contribution in [1.82, 2.24) is 14.9 Å². The molecule has 1 amide bonds. The molecule has 0 radical (unpaired) electrons. The van der Waals surface area contributed by atoms with E-state index in [9.17, 15) is 13.2 Å². The minimum Gasteiger partial charge on any atom is -0.370 e. The quantitative estimate of drug-likeness (QED) is 0.561. The highest BCUT2D eigenvalue weighted by Gasteiger charge is 2.14. The molecule has 0 atom stereocenters. The molecule has 7 nitrogen and oxygen atoms in total. The van der Waals surface area contributed by atoms with E-state index in [1.807, 2.05) is 0 Å². The molecule has 0 unspecified atom stereocenters. The fourth-order valence-electron chi connectivity index (χ4n) is 0.778. The average molecular weight is 218 g/mol. The number of carbonyl (C=O) groups excluding carboxylic acids is 1. The Labute approximate surface area is 80.7 Å². The second-order valence-electron chi connectivity index (χ2n) is 2.55. The Bertz CT molecular complexity index is 397. The molecule has 8 heteroatoms. The van der Waals surface area contributed by atoms with Crippen LogP contribution < -0.4 is 10.5 Å². The smallest absolute Gasteiger partial charge is 0.243 e. The zero-order valence-electron chi connectivity index (χ0n) is 7.23. The highest BCUT2D eigenvalue weighted by molar-refractivity contribution is 7.89. The Morgan fingerprint density at radius 3 is 2.86 bits per heavy atom. The first kappa shape index (κ1) is 10.7. The summed E-state index contributed by atoms with van der Waals surface area (Å²) in [6.45, 7) is -0.0111. The molecule has 0 aliphatic rings. The zero-order valence-corrected chi connectivity index (χ0v) is 8.04. The van der Waals surface area contributed by atoms with Gasteiger partial charge >= 0.3 is 0 Å². The van der Waals surface area contributed by atoms with Gasteiger partial charge in [-0.05, 0) is 0 Å². The first-order valence-electron chi connectivity index (χ1n) is 3.79. The third kappa shape index (κ3) is 2.82. The molecule has 0 aliphatic carbocycles. The van der Waals surface area contributed by atoms with Crippen LogP contribution in [0.1, 0.15) is 6.42 Å². The minimum absolute atomic E-state index is 0.0111. The van der Waals surface area contributed by atoms with E-state index in [-0.39, 0.29) is 17.9 Å². The molecule has 78 valence electrons. The molecule has 0 spiro atoms. The third-order valence-electron chi connectivity index (χ3n) is 1.45. The molecule has 0 saturated heterocycles. The average Bonchev–Trinajstić information content (AvgIpc) is 2.54. The van der Waals surface area contributed by atoms with Gasteiger partial charge in [0.2, 0.25) is 15.9 Å². The summed E-state index contributed by atoms with van der Waals surface area (Å²) in [6.07, 6.45) is 2.39. The van der Waals surface area contributed by atoms with Crippen molar-refractivity contribution in [3.63, 3.8) is 0 Å². The Balaban J connectivity index is 2.56. The van der Waals surface area contributed by atoms with Crippen LogP contribution in [-0.2, 0) is 14.8 Å². The first-order chi connectivity index (χ1) is 6.52. The second-order valence-corrected chi connectivity index (χ2v) is 4.32. The van der Waals surface area contributed by atoms with E-state index in [0.29, 0.717) is 0 Å². The Morgan fingerprint density at radius 1 is 1.64 bits per heavy atom. The van der Waals surface area contributed by atoms with Gasteiger partial charge in [0.1, 0.15) is 4.90 Å². The highest BCUT2D eigenvalue weighted by atomic mass is 32.2. The predicted octanol–water partition coefficient (Wildman–Crippen LogP) is -1.44. The molecule has 0 aromatic carbocycles. The number of rotatable bonds is 5. The predicted molar refractivity (Wildman–Crippen MR) is 47.6 cm³/mol. The number of hydrogen-bond donors (Lipinski definition) is 3. The largest absolute Gasteiger partial charge is 0.370 e. The summed E-state index contributed by atoms with van der Waals surface area (Å²) >= 11 is 0. The van der Waals surface area contributed by atoms with Gasteiger partial charge in [-0.25, -0.2) is 13.1 Å². The van der Waals surface area contributed by atoms with Crippen molar-refractivity contribution in [3.05, 3.63) is 12.4 Å². The zero-order chi connectivity index (χ0) is 10.6. The van der Waals surface area contributed by atoms with Crippen LogP contribution in [0, 0.1) is 0 Å². The first-order valence-corrected chi connectivity index (χ1v) is 5.27. The third-order valence-corrected chi connectivity index (χ3v) is 2.87. The van der Waals surface area contributed by atoms with Crippen LogP contribution in [0.3, 0.4) is 0 Å². The normalized spacial score (nSPS) is 11.4. The van der Waals surface area contributed by atoms with Gasteiger partial charge in [-0.3, -0.25) is 9.89 Å². The molecule has 1 heterocycles. The van der Waals surface area contributed by atoms with Gasteiger partial charge in [0.05, 0.1) is 6.20 Å². The lowest BCUT2D eigenvalue weighted by Crippen LogP contribution is -2.27. The monoisotopic (exact) mass is 218 g/mol. The van der Waals surface area contributed by atoms with Gasteiger partial charge in [0, 0.05) is 19.2 Å². The minimum atomic E-state index is -3.56. The van der Waals surface area contributed by atoms with Crippen molar-refractivity contribution < 1.29 is 13.2 Å². The van der Waals surface area contributed by atoms with Crippen LogP contribution in [-0.4, -0.2) is 31.1 Å². The summed E-state index contributed by atoms with van der Waals surface area (Å²) < 4.78 is 24.9. The number of sulfonamides is 1. The number of aromatic amines is 1. The standard InChI is InChI=1S/C6H10N4O3S/c7-6(11)1-2-10-14(12,13)5-3-8-9-4-5/h3-4,10H,1-2H2,(H2,7,11)(H,8,9). The van der Waals surface area contributed by atoms with Crippen molar-refractivity contribution in [3.8, 4) is 0 Å². The van der Waals surface area contributed by atoms with Gasteiger partial charge < -0.3 is 5.73 Å². The molecule has 1 aromatic rings. The summed E-state index contributed by atoms with van der Waals surface area (Å²) in [5.74, 6) is -0.556. The van der Waals surface area contributed by atoms with E-state index in [4.69, 9.17) is 5.73 Å².